The van der Waals surface area contributed by atoms with Crippen LogP contribution in [-0.2, 0) is 6.54 Å². The summed E-state index contributed by atoms with van der Waals surface area (Å²) in [6.45, 7) is 5.34. The van der Waals surface area contributed by atoms with Crippen molar-refractivity contribution in [1.82, 2.24) is 15.3 Å². The largest absolute Gasteiger partial charge is 0.384 e. The van der Waals surface area contributed by atoms with Crippen LogP contribution in [0.25, 0.3) is 0 Å². The Morgan fingerprint density at radius 3 is 3.00 bits per heavy atom. The normalized spacial score (nSPS) is 23.5. The lowest BCUT2D eigenvalue weighted by Gasteiger charge is -2.27. The molecule has 16 heavy (non-hydrogen) atoms. The average Bonchev–Trinajstić information content (AvgIpc) is 2.55. The molecule has 0 unspecified atom stereocenters. The van der Waals surface area contributed by atoms with Crippen molar-refractivity contribution >= 4 is 5.82 Å². The topological polar surface area (TPSA) is 63.8 Å². The standard InChI is InChI=1S/C12H20N4/c1-12(2)6-3-4-9(12)15-8-11-14-7-5-10(13)16-11/h5,7,9,15H,3-4,6,8H2,1-2H3,(H2,13,14,16)/t9-/m1/s1. The zero-order valence-corrected chi connectivity index (χ0v) is 10.0. The van der Waals surface area contributed by atoms with Crippen LogP contribution in [0, 0.1) is 5.41 Å². The molecule has 2 rings (SSSR count). The van der Waals surface area contributed by atoms with Crippen LogP contribution in [0.4, 0.5) is 5.82 Å². The fourth-order valence-corrected chi connectivity index (χ4v) is 2.42. The molecule has 1 aliphatic carbocycles. The molecular formula is C12H20N4. The van der Waals surface area contributed by atoms with Gasteiger partial charge in [-0.3, -0.25) is 0 Å². The van der Waals surface area contributed by atoms with E-state index in [1.54, 1.807) is 12.3 Å². The van der Waals surface area contributed by atoms with Crippen LogP contribution < -0.4 is 11.1 Å². The maximum absolute atomic E-state index is 5.62. The van der Waals surface area contributed by atoms with Crippen molar-refractivity contribution in [3.05, 3.63) is 18.1 Å². The molecule has 0 aliphatic heterocycles. The Hall–Kier alpha value is -1.16. The molecule has 1 aliphatic rings. The third-order valence-electron chi connectivity index (χ3n) is 3.49. The lowest BCUT2D eigenvalue weighted by molar-refractivity contribution is 0.281. The molecule has 4 nitrogen and oxygen atoms in total. The molecular weight excluding hydrogens is 200 g/mol. The first-order valence-electron chi connectivity index (χ1n) is 5.89. The zero-order chi connectivity index (χ0) is 11.6. The number of aromatic nitrogens is 2. The van der Waals surface area contributed by atoms with E-state index in [1.165, 1.54) is 19.3 Å². The monoisotopic (exact) mass is 220 g/mol. The van der Waals surface area contributed by atoms with Gasteiger partial charge in [-0.05, 0) is 24.3 Å². The van der Waals surface area contributed by atoms with Gasteiger partial charge in [-0.25, -0.2) is 9.97 Å². The molecule has 1 saturated carbocycles. The number of nitrogen functional groups attached to an aromatic ring is 1. The van der Waals surface area contributed by atoms with E-state index >= 15 is 0 Å². The number of nitrogens with zero attached hydrogens (tertiary/aromatic N) is 2. The van der Waals surface area contributed by atoms with Crippen molar-refractivity contribution in [3.8, 4) is 0 Å². The van der Waals surface area contributed by atoms with Crippen molar-refractivity contribution in [2.45, 2.75) is 45.7 Å². The number of nitrogens with one attached hydrogen (secondary N) is 1. The first kappa shape index (κ1) is 11.3. The van der Waals surface area contributed by atoms with Gasteiger partial charge in [0.25, 0.3) is 0 Å². The average molecular weight is 220 g/mol. The summed E-state index contributed by atoms with van der Waals surface area (Å²) >= 11 is 0. The van der Waals surface area contributed by atoms with Crippen molar-refractivity contribution < 1.29 is 0 Å². The molecule has 4 heteroatoms. The molecule has 0 spiro atoms. The summed E-state index contributed by atoms with van der Waals surface area (Å²) in [4.78, 5) is 8.38. The van der Waals surface area contributed by atoms with Crippen LogP contribution in [0.1, 0.15) is 38.9 Å². The third kappa shape index (κ3) is 2.50. The highest BCUT2D eigenvalue weighted by molar-refractivity contribution is 5.24. The number of nitrogens with two attached hydrogens (primary N) is 1. The maximum Gasteiger partial charge on any atom is 0.144 e. The molecule has 3 N–H and O–H groups in total. The maximum atomic E-state index is 5.62. The minimum absolute atomic E-state index is 0.389. The smallest absolute Gasteiger partial charge is 0.144 e. The predicted octanol–water partition coefficient (Wildman–Crippen LogP) is 1.73. The molecule has 1 heterocycles. The Bertz CT molecular complexity index is 362. The highest BCUT2D eigenvalue weighted by Crippen LogP contribution is 2.37. The second-order valence-electron chi connectivity index (χ2n) is 5.21. The molecule has 0 aromatic carbocycles. The summed E-state index contributed by atoms with van der Waals surface area (Å²) < 4.78 is 0. The second kappa shape index (κ2) is 4.37. The van der Waals surface area contributed by atoms with E-state index < -0.39 is 0 Å². The van der Waals surface area contributed by atoms with Crippen molar-refractivity contribution in [2.75, 3.05) is 5.73 Å². The number of rotatable bonds is 3. The molecule has 0 radical (unpaired) electrons. The van der Waals surface area contributed by atoms with Gasteiger partial charge in [-0.15, -0.1) is 0 Å². The molecule has 1 atom stereocenters. The molecule has 0 amide bonds. The van der Waals surface area contributed by atoms with Gasteiger partial charge >= 0.3 is 0 Å². The first-order valence-corrected chi connectivity index (χ1v) is 5.89. The Morgan fingerprint density at radius 1 is 1.56 bits per heavy atom. The van der Waals surface area contributed by atoms with Gasteiger partial charge in [0.15, 0.2) is 0 Å². The SMILES string of the molecule is CC1(C)CCC[C@H]1NCc1nccc(N)n1. The lowest BCUT2D eigenvalue weighted by atomic mass is 9.87. The van der Waals surface area contributed by atoms with Crippen LogP contribution in [0.5, 0.6) is 0 Å². The van der Waals surface area contributed by atoms with Gasteiger partial charge in [-0.2, -0.15) is 0 Å². The van der Waals surface area contributed by atoms with Crippen molar-refractivity contribution in [1.29, 1.82) is 0 Å². The minimum Gasteiger partial charge on any atom is -0.384 e. The summed E-state index contributed by atoms with van der Waals surface area (Å²) in [7, 11) is 0. The Morgan fingerprint density at radius 2 is 2.38 bits per heavy atom. The van der Waals surface area contributed by atoms with Crippen LogP contribution in [0.15, 0.2) is 12.3 Å². The van der Waals surface area contributed by atoms with Crippen LogP contribution in [-0.4, -0.2) is 16.0 Å². The summed E-state index contributed by atoms with van der Waals surface area (Å²) in [5.74, 6) is 1.32. The minimum atomic E-state index is 0.389. The van der Waals surface area contributed by atoms with Crippen molar-refractivity contribution in [2.24, 2.45) is 5.41 Å². The van der Waals surface area contributed by atoms with Crippen molar-refractivity contribution in [3.63, 3.8) is 0 Å². The highest BCUT2D eigenvalue weighted by atomic mass is 15.0. The van der Waals surface area contributed by atoms with E-state index in [2.05, 4.69) is 29.1 Å². The molecule has 1 aromatic rings. The molecule has 88 valence electrons. The van der Waals surface area contributed by atoms with Gasteiger partial charge in [0, 0.05) is 12.2 Å². The quantitative estimate of drug-likeness (QED) is 0.814. The fourth-order valence-electron chi connectivity index (χ4n) is 2.42. The predicted molar refractivity (Wildman–Crippen MR) is 64.7 cm³/mol. The lowest BCUT2D eigenvalue weighted by Crippen LogP contribution is -2.37. The van der Waals surface area contributed by atoms with Gasteiger partial charge in [0.2, 0.25) is 0 Å². The van der Waals surface area contributed by atoms with E-state index in [-0.39, 0.29) is 0 Å². The van der Waals surface area contributed by atoms with E-state index in [0.717, 1.165) is 5.82 Å². The summed E-state index contributed by atoms with van der Waals surface area (Å²) in [6, 6.07) is 2.28. The number of hydrogen-bond acceptors (Lipinski definition) is 4. The molecule has 1 fully saturated rings. The van der Waals surface area contributed by atoms with E-state index in [1.807, 2.05) is 0 Å². The Labute approximate surface area is 96.7 Å². The second-order valence-corrected chi connectivity index (χ2v) is 5.21. The van der Waals surface area contributed by atoms with Gasteiger partial charge < -0.3 is 11.1 Å². The first-order chi connectivity index (χ1) is 7.58. The number of hydrogen-bond donors (Lipinski definition) is 2. The van der Waals surface area contributed by atoms with Gasteiger partial charge in [-0.1, -0.05) is 20.3 Å². The number of anilines is 1. The molecule has 0 saturated heterocycles. The van der Waals surface area contributed by atoms with Gasteiger partial charge in [0.1, 0.15) is 11.6 Å². The molecule has 1 aromatic heterocycles. The third-order valence-corrected chi connectivity index (χ3v) is 3.49. The molecule has 0 bridgehead atoms. The van der Waals surface area contributed by atoms with Crippen LogP contribution in [0.3, 0.4) is 0 Å². The summed E-state index contributed by atoms with van der Waals surface area (Å²) in [5.41, 5.74) is 6.01. The fraction of sp³-hybridized carbons (Fsp3) is 0.667. The van der Waals surface area contributed by atoms with Crippen LogP contribution >= 0.6 is 0 Å². The van der Waals surface area contributed by atoms with Gasteiger partial charge in [0.05, 0.1) is 6.54 Å². The summed E-state index contributed by atoms with van der Waals surface area (Å²) in [5, 5.41) is 3.53. The van der Waals surface area contributed by atoms with E-state index in [4.69, 9.17) is 5.73 Å². The van der Waals surface area contributed by atoms with E-state index in [0.29, 0.717) is 23.8 Å². The Balaban J connectivity index is 1.92. The van der Waals surface area contributed by atoms with E-state index in [9.17, 15) is 0 Å². The summed E-state index contributed by atoms with van der Waals surface area (Å²) in [6.07, 6.45) is 5.55. The highest BCUT2D eigenvalue weighted by Gasteiger charge is 2.33. The zero-order valence-electron chi connectivity index (χ0n) is 10.0. The van der Waals surface area contributed by atoms with Crippen LogP contribution in [0.2, 0.25) is 0 Å². The Kier molecular flexibility index (Phi) is 3.10.